The van der Waals surface area contributed by atoms with Gasteiger partial charge in [0.15, 0.2) is 12.3 Å². The Morgan fingerprint density at radius 3 is 2.46 bits per heavy atom. The molecule has 13 heteroatoms. The number of hydrogen-bond donors (Lipinski definition) is 1. The van der Waals surface area contributed by atoms with Gasteiger partial charge in [0.05, 0.1) is 49.0 Å². The van der Waals surface area contributed by atoms with Gasteiger partial charge >= 0.3 is 12.6 Å². The van der Waals surface area contributed by atoms with E-state index in [0.29, 0.717) is 54.5 Å². The highest BCUT2D eigenvalue weighted by Crippen LogP contribution is 2.54. The zero-order chi connectivity index (χ0) is 36.3. The predicted molar refractivity (Wildman–Crippen MR) is 179 cm³/mol. The highest BCUT2D eigenvalue weighted by Gasteiger charge is 2.53. The lowest BCUT2D eigenvalue weighted by atomic mass is 9.84. The molecular formula is C39H35F5N3O5+. The monoisotopic (exact) mass is 720 g/mol. The van der Waals surface area contributed by atoms with Gasteiger partial charge in [0.1, 0.15) is 17.4 Å². The number of alkyl halides is 3. The SMILES string of the molecule is COc1ccc(-c2cc(C3=NOC4COCC34)ccc2F)cc1C(=O)N[C@@H]1C2CCC(/C2=C/C2CC2)C1C=[N+](C=O)c1ccc(F)c(C(F)(F)F)c1. The van der Waals surface area contributed by atoms with Gasteiger partial charge in [-0.1, -0.05) is 28.9 Å². The lowest BCUT2D eigenvalue weighted by Crippen LogP contribution is -2.45. The average Bonchev–Trinajstić information content (AvgIpc) is 3.38. The number of carbonyl (C=O) groups is 2. The fourth-order valence-corrected chi connectivity index (χ4v) is 8.26. The summed E-state index contributed by atoms with van der Waals surface area (Å²) >= 11 is 0. The minimum Gasteiger partial charge on any atom is -0.496 e. The number of benzene rings is 3. The Morgan fingerprint density at radius 1 is 0.942 bits per heavy atom. The van der Waals surface area contributed by atoms with E-state index in [1.54, 1.807) is 36.5 Å². The first-order chi connectivity index (χ1) is 25.0. The van der Waals surface area contributed by atoms with E-state index in [0.717, 1.165) is 36.3 Å². The van der Waals surface area contributed by atoms with E-state index >= 15 is 4.39 Å². The molecule has 2 bridgehead atoms. The molecule has 8 nitrogen and oxygen atoms in total. The third-order valence-electron chi connectivity index (χ3n) is 11.0. The number of allylic oxidation sites excluding steroid dienone is 1. The van der Waals surface area contributed by atoms with Crippen LogP contribution in [-0.4, -0.2) is 61.3 Å². The van der Waals surface area contributed by atoms with Crippen LogP contribution in [0.25, 0.3) is 11.1 Å². The first-order valence-electron chi connectivity index (χ1n) is 17.3. The van der Waals surface area contributed by atoms with E-state index in [-0.39, 0.29) is 46.4 Å². The Balaban J connectivity index is 1.13. The van der Waals surface area contributed by atoms with Crippen LogP contribution < -0.4 is 10.1 Å². The lowest BCUT2D eigenvalue weighted by molar-refractivity contribution is -0.346. The minimum atomic E-state index is -4.96. The van der Waals surface area contributed by atoms with Crippen LogP contribution in [0, 0.1) is 41.2 Å². The number of carbonyl (C=O) groups excluding carboxylic acids is 2. The van der Waals surface area contributed by atoms with E-state index in [1.807, 2.05) is 0 Å². The van der Waals surface area contributed by atoms with E-state index in [9.17, 15) is 27.2 Å². The van der Waals surface area contributed by atoms with Gasteiger partial charge in [-0.2, -0.15) is 13.2 Å². The second-order valence-electron chi connectivity index (χ2n) is 14.1. The maximum atomic E-state index is 15.4. The van der Waals surface area contributed by atoms with E-state index in [1.165, 1.54) is 18.7 Å². The van der Waals surface area contributed by atoms with Crippen LogP contribution in [0.1, 0.15) is 47.2 Å². The molecule has 3 aromatic rings. The number of amides is 2. The molecule has 2 aliphatic heterocycles. The van der Waals surface area contributed by atoms with Crippen LogP contribution >= 0.6 is 0 Å². The molecule has 52 heavy (non-hydrogen) atoms. The number of ether oxygens (including phenoxy) is 2. The first kappa shape index (κ1) is 34.2. The lowest BCUT2D eigenvalue weighted by Gasteiger charge is -2.28. The van der Waals surface area contributed by atoms with Crippen LogP contribution in [0.5, 0.6) is 5.75 Å². The van der Waals surface area contributed by atoms with Crippen LogP contribution in [0.2, 0.25) is 0 Å². The molecular weight excluding hydrogens is 685 g/mol. The van der Waals surface area contributed by atoms with Crippen molar-refractivity contribution in [2.75, 3.05) is 20.3 Å². The molecule has 1 N–H and O–H groups in total. The second kappa shape index (κ2) is 13.3. The summed E-state index contributed by atoms with van der Waals surface area (Å²) in [5.41, 5.74) is 1.73. The van der Waals surface area contributed by atoms with E-state index < -0.39 is 41.2 Å². The van der Waals surface area contributed by atoms with Crippen molar-refractivity contribution in [1.82, 2.24) is 5.32 Å². The number of fused-ring (bicyclic) bond motifs is 3. The highest BCUT2D eigenvalue weighted by atomic mass is 19.4. The molecule has 0 radical (unpaired) electrons. The fraction of sp³-hybridized carbons (Fsp3) is 0.385. The van der Waals surface area contributed by atoms with Gasteiger partial charge in [-0.25, -0.2) is 13.6 Å². The van der Waals surface area contributed by atoms with E-state index in [2.05, 4.69) is 16.5 Å². The summed E-state index contributed by atoms with van der Waals surface area (Å²) in [6.45, 7) is 0.880. The standard InChI is InChI=1S/C39H34F5N3O5/c1-50-34-11-5-21(26-14-22(4-9-32(26)40)36-30-17-51-18-35(30)52-46-36)13-28(34)38(49)45-37-25-8-7-24(27(25)12-20-2-3-20)29(37)16-47(19-48)23-6-10-33(41)31(15-23)39(42,43)44/h4-6,9-16,19-20,24-25,29-30,35,37H,2-3,7-8,17-18H2,1H3/p+1/b27-12-,47-16?/t24?,25?,29?,30?,35?,37-/m1/s1. The smallest absolute Gasteiger partial charge is 0.419 e. The normalized spacial score (nSPS) is 27.4. The number of oxime groups is 1. The van der Waals surface area contributed by atoms with Crippen molar-refractivity contribution in [1.29, 1.82) is 0 Å². The number of rotatable bonds is 9. The molecule has 4 fully saturated rings. The summed E-state index contributed by atoms with van der Waals surface area (Å²) < 4.78 is 82.4. The Kier molecular flexibility index (Phi) is 8.71. The van der Waals surface area contributed by atoms with Gasteiger partial charge in [-0.15, -0.1) is 4.58 Å². The number of nitrogens with zero attached hydrogens (tertiary/aromatic N) is 2. The van der Waals surface area contributed by atoms with Crippen molar-refractivity contribution in [3.8, 4) is 16.9 Å². The average molecular weight is 721 g/mol. The Hall–Kier alpha value is -4.91. The maximum absolute atomic E-state index is 15.4. The first-order valence-corrected chi connectivity index (χ1v) is 17.3. The Morgan fingerprint density at radius 2 is 1.71 bits per heavy atom. The maximum Gasteiger partial charge on any atom is 0.419 e. The molecule has 270 valence electrons. The molecule has 3 aromatic carbocycles. The van der Waals surface area contributed by atoms with Gasteiger partial charge in [0.25, 0.3) is 5.91 Å². The topological polar surface area (TPSA) is 89.2 Å². The zero-order valence-corrected chi connectivity index (χ0v) is 28.0. The second-order valence-corrected chi connectivity index (χ2v) is 14.1. The minimum absolute atomic E-state index is 0.0571. The molecule has 1 saturated heterocycles. The Bertz CT molecular complexity index is 2040. The van der Waals surface area contributed by atoms with Gasteiger partial charge in [-0.05, 0) is 73.4 Å². The van der Waals surface area contributed by atoms with Crippen molar-refractivity contribution < 1.29 is 50.4 Å². The Labute approximate surface area is 295 Å². The van der Waals surface area contributed by atoms with Gasteiger partial charge in [0.2, 0.25) is 5.69 Å². The van der Waals surface area contributed by atoms with Crippen molar-refractivity contribution >= 4 is 29.9 Å². The molecule has 0 aromatic heterocycles. The van der Waals surface area contributed by atoms with Crippen LogP contribution in [0.15, 0.2) is 71.4 Å². The summed E-state index contributed by atoms with van der Waals surface area (Å²) in [4.78, 5) is 32.1. The molecule has 3 aliphatic carbocycles. The van der Waals surface area contributed by atoms with Crippen molar-refractivity contribution in [2.24, 2.45) is 34.7 Å². The van der Waals surface area contributed by atoms with Gasteiger partial charge in [-0.3, -0.25) is 4.79 Å². The molecule has 8 rings (SSSR count). The van der Waals surface area contributed by atoms with E-state index in [4.69, 9.17) is 14.3 Å². The third kappa shape index (κ3) is 6.18. The third-order valence-corrected chi connectivity index (χ3v) is 11.0. The highest BCUT2D eigenvalue weighted by molar-refractivity contribution is 6.04. The number of halogens is 5. The molecule has 0 spiro atoms. The number of nitrogens with one attached hydrogen (secondary N) is 1. The molecule has 5 aliphatic rings. The summed E-state index contributed by atoms with van der Waals surface area (Å²) in [6, 6.07) is 11.4. The summed E-state index contributed by atoms with van der Waals surface area (Å²) in [6.07, 6.45) is 2.71. The molecule has 5 unspecified atom stereocenters. The number of hydrogen-bond acceptors (Lipinski definition) is 6. The fourth-order valence-electron chi connectivity index (χ4n) is 8.26. The van der Waals surface area contributed by atoms with Crippen molar-refractivity contribution in [2.45, 2.75) is 44.0 Å². The van der Waals surface area contributed by atoms with Gasteiger partial charge < -0.3 is 19.6 Å². The summed E-state index contributed by atoms with van der Waals surface area (Å²) in [7, 11) is 1.43. The van der Waals surface area contributed by atoms with Crippen molar-refractivity contribution in [3.05, 3.63) is 94.6 Å². The quantitative estimate of drug-likeness (QED) is 0.0841. The molecule has 2 amide bonds. The van der Waals surface area contributed by atoms with Crippen LogP contribution in [0.4, 0.5) is 27.6 Å². The molecule has 3 saturated carbocycles. The summed E-state index contributed by atoms with van der Waals surface area (Å²) in [5, 5.41) is 7.39. The molecule has 6 atom stereocenters. The van der Waals surface area contributed by atoms with Gasteiger partial charge in [0, 0.05) is 35.2 Å². The zero-order valence-electron chi connectivity index (χ0n) is 28.0. The predicted octanol–water partition coefficient (Wildman–Crippen LogP) is 7.07. The van der Waals surface area contributed by atoms with Crippen LogP contribution in [0.3, 0.4) is 0 Å². The largest absolute Gasteiger partial charge is 0.496 e. The number of methoxy groups -OCH3 is 1. The van der Waals surface area contributed by atoms with Crippen LogP contribution in [-0.2, 0) is 20.5 Å². The van der Waals surface area contributed by atoms with Crippen molar-refractivity contribution in [3.63, 3.8) is 0 Å². The summed E-state index contributed by atoms with van der Waals surface area (Å²) in [5.74, 6) is -2.39. The molecule has 2 heterocycles.